The van der Waals surface area contributed by atoms with Gasteiger partial charge in [0.2, 0.25) is 0 Å². The van der Waals surface area contributed by atoms with Crippen molar-refractivity contribution in [3.63, 3.8) is 0 Å². The maximum atomic E-state index is 13.1. The number of carbonyl (C=O) groups is 1. The fourth-order valence-electron chi connectivity index (χ4n) is 3.66. The quantitative estimate of drug-likeness (QED) is 0.471. The van der Waals surface area contributed by atoms with E-state index in [1.807, 2.05) is 60.7 Å². The second-order valence-corrected chi connectivity index (χ2v) is 8.36. The number of ether oxygens (including phenoxy) is 1. The largest absolute Gasteiger partial charge is 0.503 e. The number of aliphatic hydroxyl groups excluding tert-OH is 1. The van der Waals surface area contributed by atoms with Gasteiger partial charge >= 0.3 is 0 Å². The van der Waals surface area contributed by atoms with Crippen molar-refractivity contribution >= 4 is 39.0 Å². The summed E-state index contributed by atoms with van der Waals surface area (Å²) in [6.07, 6.45) is 0. The minimum atomic E-state index is -0.422. The first-order chi connectivity index (χ1) is 14.5. The summed E-state index contributed by atoms with van der Waals surface area (Å²) in [5.74, 6) is 0.112. The maximum absolute atomic E-state index is 13.1. The molecule has 0 saturated carbocycles. The molecule has 0 fully saturated rings. The third kappa shape index (κ3) is 3.95. The molecule has 0 aliphatic carbocycles. The number of hydrogen-bond donors (Lipinski definition) is 1. The van der Waals surface area contributed by atoms with Gasteiger partial charge in [0.1, 0.15) is 5.75 Å². The van der Waals surface area contributed by atoms with Crippen molar-refractivity contribution < 1.29 is 14.6 Å². The van der Waals surface area contributed by atoms with Crippen LogP contribution >= 0.6 is 27.5 Å². The third-order valence-electron chi connectivity index (χ3n) is 5.16. The molecule has 1 N–H and O–H groups in total. The van der Waals surface area contributed by atoms with E-state index in [1.54, 1.807) is 24.1 Å². The van der Waals surface area contributed by atoms with Gasteiger partial charge in [-0.15, -0.1) is 0 Å². The summed E-state index contributed by atoms with van der Waals surface area (Å²) in [5.41, 5.74) is 3.19. The van der Waals surface area contributed by atoms with Crippen LogP contribution in [0.5, 0.6) is 5.75 Å². The Kier molecular flexibility index (Phi) is 5.84. The number of nitrogens with zero attached hydrogens (tertiary/aromatic N) is 1. The average molecular weight is 485 g/mol. The first-order valence-corrected chi connectivity index (χ1v) is 10.5. The molecule has 4 rings (SSSR count). The third-order valence-corrected chi connectivity index (χ3v) is 5.94. The molecule has 1 aliphatic heterocycles. The van der Waals surface area contributed by atoms with Crippen LogP contribution < -0.4 is 4.74 Å². The Labute approximate surface area is 188 Å². The molecule has 152 valence electrons. The zero-order chi connectivity index (χ0) is 21.3. The van der Waals surface area contributed by atoms with Gasteiger partial charge in [0, 0.05) is 21.6 Å². The summed E-state index contributed by atoms with van der Waals surface area (Å²) in [4.78, 5) is 14.8. The summed E-state index contributed by atoms with van der Waals surface area (Å²) >= 11 is 9.50. The Morgan fingerprint density at radius 2 is 1.63 bits per heavy atom. The molecule has 30 heavy (non-hydrogen) atoms. The number of aliphatic hydroxyl groups is 1. The van der Waals surface area contributed by atoms with E-state index in [4.69, 9.17) is 16.3 Å². The lowest BCUT2D eigenvalue weighted by Gasteiger charge is -2.27. The fraction of sp³-hybridized carbons (Fsp3) is 0.125. The van der Waals surface area contributed by atoms with E-state index in [0.29, 0.717) is 17.1 Å². The molecular formula is C24H19BrClNO3. The Morgan fingerprint density at radius 3 is 2.23 bits per heavy atom. The van der Waals surface area contributed by atoms with E-state index in [1.165, 1.54) is 0 Å². The Morgan fingerprint density at radius 1 is 1.00 bits per heavy atom. The predicted octanol–water partition coefficient (Wildman–Crippen LogP) is 6.16. The van der Waals surface area contributed by atoms with Crippen LogP contribution in [0.1, 0.15) is 22.7 Å². The van der Waals surface area contributed by atoms with Gasteiger partial charge in [-0.3, -0.25) is 4.79 Å². The molecule has 0 saturated heterocycles. The van der Waals surface area contributed by atoms with E-state index in [9.17, 15) is 9.90 Å². The maximum Gasteiger partial charge on any atom is 0.290 e. The molecule has 0 radical (unpaired) electrons. The normalized spacial score (nSPS) is 16.3. The van der Waals surface area contributed by atoms with Crippen LogP contribution in [0.25, 0.3) is 5.57 Å². The van der Waals surface area contributed by atoms with E-state index in [0.717, 1.165) is 26.9 Å². The molecular weight excluding hydrogens is 466 g/mol. The van der Waals surface area contributed by atoms with E-state index in [2.05, 4.69) is 15.9 Å². The van der Waals surface area contributed by atoms with Crippen LogP contribution in [0, 0.1) is 0 Å². The smallest absolute Gasteiger partial charge is 0.290 e. The Hall–Kier alpha value is -2.76. The second kappa shape index (κ2) is 8.54. The summed E-state index contributed by atoms with van der Waals surface area (Å²) in [7, 11) is 1.61. The Bertz CT molecular complexity index is 1090. The summed E-state index contributed by atoms with van der Waals surface area (Å²) < 4.78 is 6.16. The van der Waals surface area contributed by atoms with Crippen molar-refractivity contribution in [2.24, 2.45) is 0 Å². The minimum absolute atomic E-state index is 0.237. The van der Waals surface area contributed by atoms with Crippen molar-refractivity contribution in [1.29, 1.82) is 0 Å². The molecule has 6 heteroatoms. The highest BCUT2D eigenvalue weighted by molar-refractivity contribution is 9.10. The molecule has 3 aromatic carbocycles. The number of hydrogen-bond acceptors (Lipinski definition) is 3. The SMILES string of the molecule is COc1ccc(CN2C(=O)C(O)=C(c3ccc(Cl)cc3)[C@@H]2c2ccc(Br)cc2)cc1. The number of rotatable bonds is 5. The highest BCUT2D eigenvalue weighted by Crippen LogP contribution is 2.44. The van der Waals surface area contributed by atoms with Crippen molar-refractivity contribution in [2.45, 2.75) is 12.6 Å². The van der Waals surface area contributed by atoms with E-state index in [-0.39, 0.29) is 5.76 Å². The van der Waals surface area contributed by atoms with Crippen LogP contribution in [-0.2, 0) is 11.3 Å². The molecule has 0 aromatic heterocycles. The second-order valence-electron chi connectivity index (χ2n) is 7.00. The van der Waals surface area contributed by atoms with Gasteiger partial charge in [-0.05, 0) is 53.1 Å². The van der Waals surface area contributed by atoms with Gasteiger partial charge in [-0.25, -0.2) is 0 Å². The van der Waals surface area contributed by atoms with Crippen LogP contribution in [-0.4, -0.2) is 23.0 Å². The highest BCUT2D eigenvalue weighted by Gasteiger charge is 2.40. The molecule has 3 aromatic rings. The molecule has 1 heterocycles. The number of benzene rings is 3. The van der Waals surface area contributed by atoms with Gasteiger partial charge in [0.25, 0.3) is 5.91 Å². The van der Waals surface area contributed by atoms with Crippen molar-refractivity contribution in [3.8, 4) is 5.75 Å². The molecule has 0 bridgehead atoms. The zero-order valence-electron chi connectivity index (χ0n) is 16.2. The lowest BCUT2D eigenvalue weighted by Crippen LogP contribution is -2.29. The van der Waals surface area contributed by atoms with Crippen LogP contribution in [0.3, 0.4) is 0 Å². The number of halogens is 2. The van der Waals surface area contributed by atoms with Gasteiger partial charge in [0.05, 0.1) is 13.2 Å². The van der Waals surface area contributed by atoms with Crippen LogP contribution in [0.4, 0.5) is 0 Å². The van der Waals surface area contributed by atoms with Crippen molar-refractivity contribution in [3.05, 3.63) is 105 Å². The van der Waals surface area contributed by atoms with Crippen LogP contribution in [0.2, 0.25) is 5.02 Å². The summed E-state index contributed by atoms with van der Waals surface area (Å²) in [6, 6.07) is 22.1. The van der Waals surface area contributed by atoms with E-state index >= 15 is 0 Å². The molecule has 1 atom stereocenters. The van der Waals surface area contributed by atoms with Crippen molar-refractivity contribution in [1.82, 2.24) is 4.90 Å². The fourth-order valence-corrected chi connectivity index (χ4v) is 4.05. The number of amides is 1. The minimum Gasteiger partial charge on any atom is -0.503 e. The monoisotopic (exact) mass is 483 g/mol. The van der Waals surface area contributed by atoms with Gasteiger partial charge in [-0.2, -0.15) is 0 Å². The van der Waals surface area contributed by atoms with Crippen molar-refractivity contribution in [2.75, 3.05) is 7.11 Å². The van der Waals surface area contributed by atoms with Gasteiger partial charge in [0.15, 0.2) is 5.76 Å². The highest BCUT2D eigenvalue weighted by atomic mass is 79.9. The zero-order valence-corrected chi connectivity index (χ0v) is 18.5. The lowest BCUT2D eigenvalue weighted by molar-refractivity contribution is -0.130. The van der Waals surface area contributed by atoms with Gasteiger partial charge in [-0.1, -0.05) is 63.9 Å². The predicted molar refractivity (Wildman–Crippen MR) is 121 cm³/mol. The lowest BCUT2D eigenvalue weighted by atomic mass is 9.93. The van der Waals surface area contributed by atoms with Gasteiger partial charge < -0.3 is 14.7 Å². The summed E-state index contributed by atoms with van der Waals surface area (Å²) in [6.45, 7) is 0.352. The average Bonchev–Trinajstić information content (AvgIpc) is 3.00. The molecule has 1 aliphatic rings. The molecule has 0 unspecified atom stereocenters. The first kappa shape index (κ1) is 20.5. The molecule has 4 nitrogen and oxygen atoms in total. The number of carbonyl (C=O) groups excluding carboxylic acids is 1. The summed E-state index contributed by atoms with van der Waals surface area (Å²) in [5, 5.41) is 11.4. The molecule has 0 spiro atoms. The topological polar surface area (TPSA) is 49.8 Å². The standard InChI is InChI=1S/C24H19BrClNO3/c1-30-20-12-2-15(3-13-20)14-27-22(17-4-8-18(25)9-5-17)21(23(28)24(27)29)16-6-10-19(26)11-7-16/h2-13,22,28H,14H2,1H3/t22-/m0/s1. The van der Waals surface area contributed by atoms with E-state index < -0.39 is 11.9 Å². The van der Waals surface area contributed by atoms with Crippen LogP contribution in [0.15, 0.2) is 83.0 Å². The Balaban J connectivity index is 1.77. The first-order valence-electron chi connectivity index (χ1n) is 9.36. The number of methoxy groups -OCH3 is 1. The molecule has 1 amide bonds.